The van der Waals surface area contributed by atoms with Gasteiger partial charge in [0.2, 0.25) is 0 Å². The van der Waals surface area contributed by atoms with Crippen LogP contribution in [-0.2, 0) is 4.74 Å². The van der Waals surface area contributed by atoms with Gasteiger partial charge in [0.05, 0.1) is 12.3 Å². The zero-order chi connectivity index (χ0) is 9.52. The molecule has 0 aliphatic carbocycles. The molecule has 1 atom stereocenters. The molecule has 1 N–H and O–H groups in total. The minimum absolute atomic E-state index is 0.201. The molecule has 0 aliphatic heterocycles. The van der Waals surface area contributed by atoms with Gasteiger partial charge in [0.1, 0.15) is 5.82 Å². The Morgan fingerprint density at radius 3 is 3.00 bits per heavy atom. The molecule has 13 heavy (non-hydrogen) atoms. The molecule has 0 bridgehead atoms. The highest BCUT2D eigenvalue weighted by Crippen LogP contribution is 1.98. The smallest absolute Gasteiger partial charge is 0.144 e. The summed E-state index contributed by atoms with van der Waals surface area (Å²) < 4.78 is 5.35. The number of nitrogens with one attached hydrogen (secondary N) is 1. The molecule has 0 aromatic carbocycles. The van der Waals surface area contributed by atoms with Crippen LogP contribution in [0.2, 0.25) is 0 Å². The summed E-state index contributed by atoms with van der Waals surface area (Å²) in [5.41, 5.74) is 0. The van der Waals surface area contributed by atoms with Crippen molar-refractivity contribution in [3.05, 3.63) is 18.6 Å². The Bertz CT molecular complexity index is 228. The standard InChI is InChI=1S/C9H15N3O/c1-3-13-8(2)6-12-9-7-10-4-5-11-9/h4-5,7-8H,3,6H2,1-2H3,(H,11,12). The van der Waals surface area contributed by atoms with Crippen molar-refractivity contribution in [2.45, 2.75) is 20.0 Å². The summed E-state index contributed by atoms with van der Waals surface area (Å²) in [5.74, 6) is 0.786. The normalized spacial score (nSPS) is 12.5. The van der Waals surface area contributed by atoms with Gasteiger partial charge in [-0.1, -0.05) is 0 Å². The SMILES string of the molecule is CCOC(C)CNc1cnccn1. The Kier molecular flexibility index (Phi) is 4.18. The predicted octanol–water partition coefficient (Wildman–Crippen LogP) is 1.31. The van der Waals surface area contributed by atoms with Gasteiger partial charge in [-0.25, -0.2) is 4.98 Å². The van der Waals surface area contributed by atoms with E-state index in [-0.39, 0.29) is 6.10 Å². The molecule has 0 radical (unpaired) electrons. The number of hydrogen-bond acceptors (Lipinski definition) is 4. The number of nitrogens with zero attached hydrogens (tertiary/aromatic N) is 2. The van der Waals surface area contributed by atoms with E-state index in [1.165, 1.54) is 0 Å². The van der Waals surface area contributed by atoms with E-state index in [1.54, 1.807) is 18.6 Å². The molecule has 1 heterocycles. The lowest BCUT2D eigenvalue weighted by atomic mass is 10.4. The zero-order valence-corrected chi connectivity index (χ0v) is 8.03. The molecule has 1 aromatic rings. The number of rotatable bonds is 5. The van der Waals surface area contributed by atoms with E-state index in [1.807, 2.05) is 13.8 Å². The Morgan fingerprint density at radius 2 is 2.38 bits per heavy atom. The number of anilines is 1. The van der Waals surface area contributed by atoms with E-state index in [0.29, 0.717) is 0 Å². The summed E-state index contributed by atoms with van der Waals surface area (Å²) in [6.45, 7) is 5.50. The van der Waals surface area contributed by atoms with Gasteiger partial charge in [0.15, 0.2) is 0 Å². The summed E-state index contributed by atoms with van der Waals surface area (Å²) in [6, 6.07) is 0. The van der Waals surface area contributed by atoms with Gasteiger partial charge in [0, 0.05) is 25.5 Å². The van der Waals surface area contributed by atoms with E-state index < -0.39 is 0 Å². The number of hydrogen-bond donors (Lipinski definition) is 1. The average Bonchev–Trinajstić information content (AvgIpc) is 2.17. The predicted molar refractivity (Wildman–Crippen MR) is 51.6 cm³/mol. The van der Waals surface area contributed by atoms with Crippen LogP contribution in [0, 0.1) is 0 Å². The fraction of sp³-hybridized carbons (Fsp3) is 0.556. The van der Waals surface area contributed by atoms with Gasteiger partial charge in [-0.3, -0.25) is 4.98 Å². The number of ether oxygens (including phenoxy) is 1. The molecule has 0 spiro atoms. The quantitative estimate of drug-likeness (QED) is 0.744. The third-order valence-electron chi connectivity index (χ3n) is 1.58. The van der Waals surface area contributed by atoms with Crippen LogP contribution in [-0.4, -0.2) is 29.2 Å². The second kappa shape index (κ2) is 5.48. The maximum Gasteiger partial charge on any atom is 0.144 e. The Balaban J connectivity index is 2.27. The van der Waals surface area contributed by atoms with Crippen molar-refractivity contribution in [2.75, 3.05) is 18.5 Å². The van der Waals surface area contributed by atoms with Crippen molar-refractivity contribution in [2.24, 2.45) is 0 Å². The number of aromatic nitrogens is 2. The minimum atomic E-state index is 0.201. The lowest BCUT2D eigenvalue weighted by Crippen LogP contribution is -2.20. The first kappa shape index (κ1) is 9.92. The summed E-state index contributed by atoms with van der Waals surface area (Å²) in [7, 11) is 0. The average molecular weight is 181 g/mol. The Labute approximate surface area is 78.4 Å². The second-order valence-corrected chi connectivity index (χ2v) is 2.74. The van der Waals surface area contributed by atoms with E-state index in [9.17, 15) is 0 Å². The molecule has 0 amide bonds. The highest BCUT2D eigenvalue weighted by molar-refractivity contribution is 5.29. The van der Waals surface area contributed by atoms with Crippen LogP contribution in [0.15, 0.2) is 18.6 Å². The van der Waals surface area contributed by atoms with Gasteiger partial charge in [-0.05, 0) is 13.8 Å². The highest BCUT2D eigenvalue weighted by Gasteiger charge is 2.00. The molecule has 4 heteroatoms. The molecule has 72 valence electrons. The first-order chi connectivity index (χ1) is 6.33. The van der Waals surface area contributed by atoms with Crippen LogP contribution in [0.25, 0.3) is 0 Å². The van der Waals surface area contributed by atoms with E-state index in [4.69, 9.17) is 4.74 Å². The van der Waals surface area contributed by atoms with Gasteiger partial charge < -0.3 is 10.1 Å². The van der Waals surface area contributed by atoms with Crippen LogP contribution in [0.1, 0.15) is 13.8 Å². The minimum Gasteiger partial charge on any atom is -0.377 e. The van der Waals surface area contributed by atoms with Crippen molar-refractivity contribution >= 4 is 5.82 Å². The third-order valence-corrected chi connectivity index (χ3v) is 1.58. The Morgan fingerprint density at radius 1 is 1.54 bits per heavy atom. The van der Waals surface area contributed by atoms with Crippen molar-refractivity contribution < 1.29 is 4.74 Å². The molecule has 0 aliphatic rings. The fourth-order valence-electron chi connectivity index (χ4n) is 0.982. The maximum atomic E-state index is 5.35. The van der Waals surface area contributed by atoms with Gasteiger partial charge >= 0.3 is 0 Å². The van der Waals surface area contributed by atoms with Crippen LogP contribution < -0.4 is 5.32 Å². The molecule has 1 aromatic heterocycles. The summed E-state index contributed by atoms with van der Waals surface area (Å²) in [4.78, 5) is 8.02. The summed E-state index contributed by atoms with van der Waals surface area (Å²) in [5, 5.41) is 3.13. The van der Waals surface area contributed by atoms with Crippen LogP contribution in [0.5, 0.6) is 0 Å². The zero-order valence-electron chi connectivity index (χ0n) is 8.03. The van der Waals surface area contributed by atoms with Gasteiger partial charge in [-0.15, -0.1) is 0 Å². The van der Waals surface area contributed by atoms with E-state index >= 15 is 0 Å². The molecule has 0 saturated carbocycles. The molecule has 4 nitrogen and oxygen atoms in total. The highest BCUT2D eigenvalue weighted by atomic mass is 16.5. The third kappa shape index (κ3) is 3.85. The summed E-state index contributed by atoms with van der Waals surface area (Å²) >= 11 is 0. The van der Waals surface area contributed by atoms with Gasteiger partial charge in [0.25, 0.3) is 0 Å². The lowest BCUT2D eigenvalue weighted by Gasteiger charge is -2.12. The largest absolute Gasteiger partial charge is 0.377 e. The molecular formula is C9H15N3O. The van der Waals surface area contributed by atoms with E-state index in [0.717, 1.165) is 19.0 Å². The van der Waals surface area contributed by atoms with Crippen molar-refractivity contribution in [3.8, 4) is 0 Å². The molecule has 0 saturated heterocycles. The molecular weight excluding hydrogens is 166 g/mol. The van der Waals surface area contributed by atoms with Crippen LogP contribution in [0.4, 0.5) is 5.82 Å². The summed E-state index contributed by atoms with van der Waals surface area (Å²) in [6.07, 6.45) is 5.20. The van der Waals surface area contributed by atoms with Gasteiger partial charge in [-0.2, -0.15) is 0 Å². The molecule has 1 rings (SSSR count). The topological polar surface area (TPSA) is 47.0 Å². The first-order valence-electron chi connectivity index (χ1n) is 4.44. The molecule has 0 fully saturated rings. The van der Waals surface area contributed by atoms with Crippen molar-refractivity contribution in [1.29, 1.82) is 0 Å². The lowest BCUT2D eigenvalue weighted by molar-refractivity contribution is 0.0855. The van der Waals surface area contributed by atoms with Crippen LogP contribution >= 0.6 is 0 Å². The van der Waals surface area contributed by atoms with E-state index in [2.05, 4.69) is 15.3 Å². The maximum absolute atomic E-state index is 5.35. The van der Waals surface area contributed by atoms with Crippen molar-refractivity contribution in [1.82, 2.24) is 9.97 Å². The first-order valence-corrected chi connectivity index (χ1v) is 4.44. The second-order valence-electron chi connectivity index (χ2n) is 2.74. The van der Waals surface area contributed by atoms with Crippen molar-refractivity contribution in [3.63, 3.8) is 0 Å². The van der Waals surface area contributed by atoms with Crippen LogP contribution in [0.3, 0.4) is 0 Å². The Hall–Kier alpha value is -1.16. The fourth-order valence-corrected chi connectivity index (χ4v) is 0.982. The monoisotopic (exact) mass is 181 g/mol. The molecule has 1 unspecified atom stereocenters.